The fraction of sp³-hybridized carbons (Fsp3) is 0.273. The molecular formula is C11H9F2N3S. The highest BCUT2D eigenvalue weighted by Crippen LogP contribution is 2.38. The lowest BCUT2D eigenvalue weighted by Crippen LogP contribution is -2.01. The average Bonchev–Trinajstić information content (AvgIpc) is 3.04. The maximum atomic E-state index is 13.7. The molecule has 0 radical (unpaired) electrons. The van der Waals surface area contributed by atoms with Crippen LogP contribution >= 0.6 is 12.2 Å². The Balaban J connectivity index is 2.25. The van der Waals surface area contributed by atoms with Gasteiger partial charge in [-0.2, -0.15) is 5.10 Å². The number of hydrogen-bond acceptors (Lipinski definition) is 2. The van der Waals surface area contributed by atoms with E-state index >= 15 is 0 Å². The molecule has 1 aromatic heterocycles. The van der Waals surface area contributed by atoms with Crippen LogP contribution in [0.2, 0.25) is 0 Å². The lowest BCUT2D eigenvalue weighted by Gasteiger charge is -2.06. The molecule has 2 aromatic rings. The minimum atomic E-state index is -0.624. The molecule has 88 valence electrons. The van der Waals surface area contributed by atoms with E-state index in [0.29, 0.717) is 4.77 Å². The number of aromatic nitrogens is 3. The Morgan fingerprint density at radius 2 is 1.94 bits per heavy atom. The Hall–Kier alpha value is -1.56. The first kappa shape index (κ1) is 10.6. The summed E-state index contributed by atoms with van der Waals surface area (Å²) in [4.78, 5) is 0. The second-order valence-corrected chi connectivity index (χ2v) is 4.44. The Kier molecular flexibility index (Phi) is 2.32. The predicted molar refractivity (Wildman–Crippen MR) is 61.0 cm³/mol. The third kappa shape index (κ3) is 1.68. The van der Waals surface area contributed by atoms with E-state index in [9.17, 15) is 8.78 Å². The molecule has 0 atom stereocenters. The number of nitrogens with zero attached hydrogens (tertiary/aromatic N) is 2. The van der Waals surface area contributed by atoms with Crippen molar-refractivity contribution in [1.29, 1.82) is 0 Å². The normalized spacial score (nSPS) is 15.2. The average molecular weight is 253 g/mol. The van der Waals surface area contributed by atoms with Gasteiger partial charge in [0.15, 0.2) is 10.6 Å². The van der Waals surface area contributed by atoms with E-state index in [1.807, 2.05) is 0 Å². The Morgan fingerprint density at radius 3 is 2.53 bits per heavy atom. The Bertz CT molecular complexity index is 608. The highest BCUT2D eigenvalue weighted by Gasteiger charge is 2.29. The molecule has 6 heteroatoms. The number of nitrogens with one attached hydrogen (secondary N) is 1. The number of halogens is 2. The topological polar surface area (TPSA) is 33.6 Å². The van der Waals surface area contributed by atoms with Crippen LogP contribution in [0.4, 0.5) is 8.78 Å². The van der Waals surface area contributed by atoms with Crippen LogP contribution < -0.4 is 0 Å². The third-order valence-corrected chi connectivity index (χ3v) is 3.09. The molecule has 0 bridgehead atoms. The fourth-order valence-corrected chi connectivity index (χ4v) is 2.15. The fourth-order valence-electron chi connectivity index (χ4n) is 1.86. The van der Waals surface area contributed by atoms with Crippen molar-refractivity contribution >= 4 is 12.2 Å². The van der Waals surface area contributed by atoms with Crippen molar-refractivity contribution in [3.05, 3.63) is 34.6 Å². The van der Waals surface area contributed by atoms with Crippen molar-refractivity contribution in [3.63, 3.8) is 0 Å². The van der Waals surface area contributed by atoms with Gasteiger partial charge in [0.25, 0.3) is 0 Å². The minimum absolute atomic E-state index is 0.119. The lowest BCUT2D eigenvalue weighted by atomic mass is 10.2. The zero-order valence-corrected chi connectivity index (χ0v) is 9.60. The summed E-state index contributed by atoms with van der Waals surface area (Å²) in [5, 5.41) is 6.53. The van der Waals surface area contributed by atoms with Crippen molar-refractivity contribution in [2.45, 2.75) is 18.9 Å². The molecule has 1 aromatic carbocycles. The molecule has 1 heterocycles. The van der Waals surface area contributed by atoms with Crippen LogP contribution in [0.25, 0.3) is 11.4 Å². The standard InChI is InChI=1S/C11H9F2N3S/c12-7-2-1-3-8(13)9(7)10-14-15-11(17)16(10)6-4-5-6/h1-3,6H,4-5H2,(H,15,17). The van der Waals surface area contributed by atoms with Crippen molar-refractivity contribution < 1.29 is 8.78 Å². The van der Waals surface area contributed by atoms with Crippen LogP contribution in [0, 0.1) is 16.4 Å². The molecule has 1 saturated carbocycles. The van der Waals surface area contributed by atoms with Crippen LogP contribution in [0.1, 0.15) is 18.9 Å². The van der Waals surface area contributed by atoms with Gasteiger partial charge in [0.2, 0.25) is 0 Å². The predicted octanol–water partition coefficient (Wildman–Crippen LogP) is 3.22. The molecule has 17 heavy (non-hydrogen) atoms. The van der Waals surface area contributed by atoms with Crippen LogP contribution in [0.3, 0.4) is 0 Å². The molecule has 0 spiro atoms. The molecule has 0 unspecified atom stereocenters. The maximum absolute atomic E-state index is 13.7. The van der Waals surface area contributed by atoms with Gasteiger partial charge in [-0.05, 0) is 37.2 Å². The molecule has 0 saturated heterocycles. The smallest absolute Gasteiger partial charge is 0.195 e. The number of hydrogen-bond donors (Lipinski definition) is 1. The van der Waals surface area contributed by atoms with Gasteiger partial charge in [0, 0.05) is 6.04 Å². The molecule has 3 rings (SSSR count). The maximum Gasteiger partial charge on any atom is 0.195 e. The zero-order chi connectivity index (χ0) is 12.0. The summed E-state index contributed by atoms with van der Waals surface area (Å²) >= 11 is 5.08. The molecule has 0 aliphatic heterocycles. The van der Waals surface area contributed by atoms with E-state index in [1.54, 1.807) is 4.57 Å². The number of H-pyrrole nitrogens is 1. The van der Waals surface area contributed by atoms with Crippen molar-refractivity contribution in [3.8, 4) is 11.4 Å². The van der Waals surface area contributed by atoms with Gasteiger partial charge < -0.3 is 0 Å². The SMILES string of the molecule is Fc1cccc(F)c1-c1n[nH]c(=S)n1C1CC1. The van der Waals surface area contributed by atoms with Crippen molar-refractivity contribution in [2.24, 2.45) is 0 Å². The molecule has 1 N–H and O–H groups in total. The van der Waals surface area contributed by atoms with Crippen LogP contribution in [-0.4, -0.2) is 14.8 Å². The van der Waals surface area contributed by atoms with Crippen LogP contribution in [-0.2, 0) is 0 Å². The molecule has 3 nitrogen and oxygen atoms in total. The van der Waals surface area contributed by atoms with Gasteiger partial charge >= 0.3 is 0 Å². The molecule has 1 aliphatic rings. The van der Waals surface area contributed by atoms with E-state index in [-0.39, 0.29) is 17.4 Å². The summed E-state index contributed by atoms with van der Waals surface area (Å²) in [6.07, 6.45) is 1.94. The summed E-state index contributed by atoms with van der Waals surface area (Å²) < 4.78 is 29.4. The third-order valence-electron chi connectivity index (χ3n) is 2.80. The van der Waals surface area contributed by atoms with E-state index < -0.39 is 11.6 Å². The van der Waals surface area contributed by atoms with E-state index in [4.69, 9.17) is 12.2 Å². The zero-order valence-electron chi connectivity index (χ0n) is 8.78. The molecule has 1 aliphatic carbocycles. The highest BCUT2D eigenvalue weighted by atomic mass is 32.1. The second kappa shape index (κ2) is 3.73. The summed E-state index contributed by atoms with van der Waals surface area (Å²) in [6.45, 7) is 0. The number of aromatic amines is 1. The van der Waals surface area contributed by atoms with E-state index in [0.717, 1.165) is 12.8 Å². The quantitative estimate of drug-likeness (QED) is 0.834. The Labute approximate surface area is 101 Å². The molecule has 1 fully saturated rings. The van der Waals surface area contributed by atoms with E-state index in [1.165, 1.54) is 18.2 Å². The Morgan fingerprint density at radius 1 is 1.29 bits per heavy atom. The van der Waals surface area contributed by atoms with Gasteiger partial charge in [0.1, 0.15) is 11.6 Å². The van der Waals surface area contributed by atoms with Crippen LogP contribution in [0.15, 0.2) is 18.2 Å². The summed E-state index contributed by atoms with van der Waals surface area (Å²) in [5.41, 5.74) is -0.119. The first-order chi connectivity index (χ1) is 8.18. The number of benzene rings is 1. The summed E-state index contributed by atoms with van der Waals surface area (Å²) in [6, 6.07) is 3.98. The van der Waals surface area contributed by atoms with Gasteiger partial charge in [-0.25, -0.2) is 8.78 Å². The second-order valence-electron chi connectivity index (χ2n) is 4.05. The van der Waals surface area contributed by atoms with E-state index in [2.05, 4.69) is 10.2 Å². The van der Waals surface area contributed by atoms with Crippen molar-refractivity contribution in [1.82, 2.24) is 14.8 Å². The lowest BCUT2D eigenvalue weighted by molar-refractivity contribution is 0.583. The molecular weight excluding hydrogens is 244 g/mol. The first-order valence-corrected chi connectivity index (χ1v) is 5.70. The minimum Gasteiger partial charge on any atom is -0.297 e. The first-order valence-electron chi connectivity index (χ1n) is 5.30. The van der Waals surface area contributed by atoms with Gasteiger partial charge in [-0.15, -0.1) is 0 Å². The monoisotopic (exact) mass is 253 g/mol. The van der Waals surface area contributed by atoms with Crippen molar-refractivity contribution in [2.75, 3.05) is 0 Å². The highest BCUT2D eigenvalue weighted by molar-refractivity contribution is 7.71. The number of rotatable bonds is 2. The largest absolute Gasteiger partial charge is 0.297 e. The van der Waals surface area contributed by atoms with Crippen LogP contribution in [0.5, 0.6) is 0 Å². The summed E-state index contributed by atoms with van der Waals surface area (Å²) in [5.74, 6) is -1.00. The summed E-state index contributed by atoms with van der Waals surface area (Å²) in [7, 11) is 0. The molecule has 0 amide bonds. The van der Waals surface area contributed by atoms with Gasteiger partial charge in [-0.1, -0.05) is 6.07 Å². The van der Waals surface area contributed by atoms with Gasteiger partial charge in [-0.3, -0.25) is 9.67 Å². The van der Waals surface area contributed by atoms with Gasteiger partial charge in [0.05, 0.1) is 5.56 Å².